The first-order chi connectivity index (χ1) is 12.2. The molecule has 1 aromatic carbocycles. The molecule has 25 heavy (non-hydrogen) atoms. The van der Waals surface area contributed by atoms with Gasteiger partial charge in [0.05, 0.1) is 38.0 Å². The number of ether oxygens (including phenoxy) is 2. The second kappa shape index (κ2) is 9.88. The highest BCUT2D eigenvalue weighted by atomic mass is 32.1. The van der Waals surface area contributed by atoms with Crippen molar-refractivity contribution < 1.29 is 9.47 Å². The first-order valence-corrected chi connectivity index (χ1v) is 9.24. The summed E-state index contributed by atoms with van der Waals surface area (Å²) in [6.07, 6.45) is 0.970. The van der Waals surface area contributed by atoms with Gasteiger partial charge in [-0.1, -0.05) is 13.0 Å². The molecule has 0 aliphatic carbocycles. The molecule has 136 valence electrons. The van der Waals surface area contributed by atoms with E-state index in [1.54, 1.807) is 25.6 Å². The fourth-order valence-electron chi connectivity index (χ4n) is 2.26. The number of aryl methyl sites for hydroxylation is 1. The van der Waals surface area contributed by atoms with Crippen LogP contribution in [-0.4, -0.2) is 31.7 Å². The molecule has 0 aliphatic heterocycles. The van der Waals surface area contributed by atoms with Crippen molar-refractivity contribution in [1.82, 2.24) is 15.6 Å². The minimum Gasteiger partial charge on any atom is -0.493 e. The molecule has 1 aromatic heterocycles. The smallest absolute Gasteiger partial charge is 0.191 e. The number of nitrogens with zero attached hydrogens (tertiary/aromatic N) is 2. The molecule has 0 aliphatic rings. The molecule has 0 unspecified atom stereocenters. The Morgan fingerprint density at radius 2 is 1.96 bits per heavy atom. The molecular weight excluding hydrogens is 336 g/mol. The van der Waals surface area contributed by atoms with E-state index >= 15 is 0 Å². The predicted molar refractivity (Wildman–Crippen MR) is 103 cm³/mol. The number of methoxy groups -OCH3 is 2. The SMILES string of the molecule is CCNC(=NCc1ccc(OC)c(OC)c1)NCc1csc(CC)n1. The Kier molecular flexibility index (Phi) is 7.53. The Labute approximate surface area is 153 Å². The van der Waals surface area contributed by atoms with E-state index < -0.39 is 0 Å². The predicted octanol–water partition coefficient (Wildman–Crippen LogP) is 2.98. The number of nitrogens with one attached hydrogen (secondary N) is 2. The topological polar surface area (TPSA) is 67.8 Å². The third-order valence-electron chi connectivity index (χ3n) is 3.55. The summed E-state index contributed by atoms with van der Waals surface area (Å²) in [7, 11) is 3.26. The highest BCUT2D eigenvalue weighted by Gasteiger charge is 2.05. The summed E-state index contributed by atoms with van der Waals surface area (Å²) in [5.41, 5.74) is 2.09. The van der Waals surface area contributed by atoms with Crippen molar-refractivity contribution in [3.8, 4) is 11.5 Å². The number of hydrogen-bond acceptors (Lipinski definition) is 5. The minimum absolute atomic E-state index is 0.549. The summed E-state index contributed by atoms with van der Waals surface area (Å²) in [6.45, 7) is 6.17. The van der Waals surface area contributed by atoms with Crippen molar-refractivity contribution >= 4 is 17.3 Å². The van der Waals surface area contributed by atoms with Crippen LogP contribution >= 0.6 is 11.3 Å². The highest BCUT2D eigenvalue weighted by Crippen LogP contribution is 2.27. The maximum atomic E-state index is 5.34. The molecule has 2 rings (SSSR count). The van der Waals surface area contributed by atoms with E-state index in [9.17, 15) is 0 Å². The van der Waals surface area contributed by atoms with Crippen LogP contribution in [0, 0.1) is 0 Å². The van der Waals surface area contributed by atoms with E-state index in [0.29, 0.717) is 18.8 Å². The van der Waals surface area contributed by atoms with Crippen LogP contribution in [0.5, 0.6) is 11.5 Å². The quantitative estimate of drug-likeness (QED) is 0.558. The van der Waals surface area contributed by atoms with Crippen LogP contribution in [0.2, 0.25) is 0 Å². The molecule has 0 fully saturated rings. The Morgan fingerprint density at radius 1 is 1.16 bits per heavy atom. The molecular formula is C18H26N4O2S. The van der Waals surface area contributed by atoms with Gasteiger partial charge in [0.15, 0.2) is 17.5 Å². The van der Waals surface area contributed by atoms with Crippen LogP contribution in [0.15, 0.2) is 28.6 Å². The van der Waals surface area contributed by atoms with Gasteiger partial charge in [0.2, 0.25) is 0 Å². The van der Waals surface area contributed by atoms with Crippen LogP contribution in [0.25, 0.3) is 0 Å². The lowest BCUT2D eigenvalue weighted by atomic mass is 10.2. The normalized spacial score (nSPS) is 11.3. The van der Waals surface area contributed by atoms with E-state index in [-0.39, 0.29) is 0 Å². The first-order valence-electron chi connectivity index (χ1n) is 8.36. The summed E-state index contributed by atoms with van der Waals surface area (Å²) < 4.78 is 10.6. The van der Waals surface area contributed by atoms with Crippen molar-refractivity contribution in [2.24, 2.45) is 4.99 Å². The molecule has 0 bridgehead atoms. The summed E-state index contributed by atoms with van der Waals surface area (Å²) >= 11 is 1.70. The summed E-state index contributed by atoms with van der Waals surface area (Å²) in [4.78, 5) is 9.19. The molecule has 0 amide bonds. The van der Waals surface area contributed by atoms with E-state index in [0.717, 1.165) is 40.9 Å². The number of hydrogen-bond donors (Lipinski definition) is 2. The maximum absolute atomic E-state index is 5.34. The van der Waals surface area contributed by atoms with Crippen LogP contribution < -0.4 is 20.1 Å². The molecule has 7 heteroatoms. The van der Waals surface area contributed by atoms with Crippen molar-refractivity contribution in [2.75, 3.05) is 20.8 Å². The molecule has 0 atom stereocenters. The lowest BCUT2D eigenvalue weighted by Crippen LogP contribution is -2.36. The van der Waals surface area contributed by atoms with Gasteiger partial charge >= 0.3 is 0 Å². The van der Waals surface area contributed by atoms with Crippen LogP contribution in [0.4, 0.5) is 0 Å². The second-order valence-electron chi connectivity index (χ2n) is 5.32. The zero-order valence-corrected chi connectivity index (χ0v) is 16.1. The Morgan fingerprint density at radius 3 is 2.60 bits per heavy atom. The largest absolute Gasteiger partial charge is 0.493 e. The average Bonchev–Trinajstić information content (AvgIpc) is 3.11. The van der Waals surface area contributed by atoms with Gasteiger partial charge in [-0.2, -0.15) is 0 Å². The molecule has 2 aromatic rings. The van der Waals surface area contributed by atoms with Crippen LogP contribution in [0.3, 0.4) is 0 Å². The molecule has 2 N–H and O–H groups in total. The molecule has 0 spiro atoms. The highest BCUT2D eigenvalue weighted by molar-refractivity contribution is 7.09. The first kappa shape index (κ1) is 19.1. The van der Waals surface area contributed by atoms with Crippen LogP contribution in [-0.2, 0) is 19.5 Å². The molecule has 0 radical (unpaired) electrons. The third-order valence-corrected chi connectivity index (χ3v) is 4.59. The average molecular weight is 362 g/mol. The molecule has 0 saturated heterocycles. The molecule has 1 heterocycles. The van der Waals surface area contributed by atoms with Gasteiger partial charge in [0.1, 0.15) is 0 Å². The molecule has 6 nitrogen and oxygen atoms in total. The Balaban J connectivity index is 2.01. The monoisotopic (exact) mass is 362 g/mol. The molecule has 0 saturated carbocycles. The zero-order chi connectivity index (χ0) is 18.1. The Bertz CT molecular complexity index is 700. The number of thiazole rings is 1. The number of guanidine groups is 1. The van der Waals surface area contributed by atoms with Gasteiger partial charge in [-0.3, -0.25) is 0 Å². The van der Waals surface area contributed by atoms with Crippen molar-refractivity contribution in [3.63, 3.8) is 0 Å². The van der Waals surface area contributed by atoms with E-state index in [1.807, 2.05) is 25.1 Å². The van der Waals surface area contributed by atoms with E-state index in [4.69, 9.17) is 9.47 Å². The van der Waals surface area contributed by atoms with Gasteiger partial charge in [-0.05, 0) is 31.0 Å². The van der Waals surface area contributed by atoms with Crippen LogP contribution in [0.1, 0.15) is 30.1 Å². The van der Waals surface area contributed by atoms with Gasteiger partial charge in [0, 0.05) is 11.9 Å². The Hall–Kier alpha value is -2.28. The standard InChI is InChI=1S/C18H26N4O2S/c1-5-17-22-14(12-25-17)11-21-18(19-6-2)20-10-13-7-8-15(23-3)16(9-13)24-4/h7-9,12H,5-6,10-11H2,1-4H3,(H2,19,20,21). The van der Waals surface area contributed by atoms with E-state index in [1.165, 1.54) is 0 Å². The lowest BCUT2D eigenvalue weighted by Gasteiger charge is -2.11. The van der Waals surface area contributed by atoms with Crippen molar-refractivity contribution in [1.29, 1.82) is 0 Å². The fraction of sp³-hybridized carbons (Fsp3) is 0.444. The second-order valence-corrected chi connectivity index (χ2v) is 6.27. The van der Waals surface area contributed by atoms with Crippen molar-refractivity contribution in [2.45, 2.75) is 33.4 Å². The van der Waals surface area contributed by atoms with Gasteiger partial charge in [-0.25, -0.2) is 9.98 Å². The lowest BCUT2D eigenvalue weighted by molar-refractivity contribution is 0.354. The van der Waals surface area contributed by atoms with E-state index in [2.05, 4.69) is 32.9 Å². The third kappa shape index (κ3) is 5.63. The van der Waals surface area contributed by atoms with Gasteiger partial charge in [-0.15, -0.1) is 11.3 Å². The van der Waals surface area contributed by atoms with Crippen molar-refractivity contribution in [3.05, 3.63) is 39.8 Å². The zero-order valence-electron chi connectivity index (χ0n) is 15.3. The number of benzene rings is 1. The summed E-state index contributed by atoms with van der Waals surface area (Å²) in [5.74, 6) is 2.20. The minimum atomic E-state index is 0.549. The summed E-state index contributed by atoms with van der Waals surface area (Å²) in [5, 5.41) is 9.82. The number of aromatic nitrogens is 1. The van der Waals surface area contributed by atoms with Gasteiger partial charge in [0.25, 0.3) is 0 Å². The maximum Gasteiger partial charge on any atom is 0.191 e. The number of aliphatic imine (C=N–C) groups is 1. The van der Waals surface area contributed by atoms with Gasteiger partial charge < -0.3 is 20.1 Å². The fourth-order valence-corrected chi connectivity index (χ4v) is 3.00. The summed E-state index contributed by atoms with van der Waals surface area (Å²) in [6, 6.07) is 5.83. The number of rotatable bonds is 8.